The van der Waals surface area contributed by atoms with Gasteiger partial charge in [0.1, 0.15) is 5.75 Å². The highest BCUT2D eigenvalue weighted by molar-refractivity contribution is 5.28. The Balaban J connectivity index is 1.89. The number of likely N-dealkylation sites (N-methyl/N-ethyl adjacent to an activating group) is 1. The summed E-state index contributed by atoms with van der Waals surface area (Å²) >= 11 is 0. The van der Waals surface area contributed by atoms with Crippen LogP contribution >= 0.6 is 0 Å². The number of aryl methyl sites for hydroxylation is 1. The molecule has 0 bridgehead atoms. The van der Waals surface area contributed by atoms with Crippen molar-refractivity contribution in [2.75, 3.05) is 19.6 Å². The Morgan fingerprint density at radius 3 is 2.76 bits per heavy atom. The number of phenols is 1. The van der Waals surface area contributed by atoms with Crippen LogP contribution in [0.25, 0.3) is 0 Å². The van der Waals surface area contributed by atoms with Crippen molar-refractivity contribution >= 4 is 0 Å². The number of aliphatic hydroxyl groups is 1. The molecule has 2 aromatic rings. The summed E-state index contributed by atoms with van der Waals surface area (Å²) in [5.41, 5.74) is 1.75. The Bertz CT molecular complexity index is 568. The lowest BCUT2D eigenvalue weighted by Gasteiger charge is -2.23. The van der Waals surface area contributed by atoms with Crippen LogP contribution in [0, 0.1) is 6.92 Å². The minimum atomic E-state index is -0.601. The zero-order valence-electron chi connectivity index (χ0n) is 12.6. The first-order valence-corrected chi connectivity index (χ1v) is 7.28. The van der Waals surface area contributed by atoms with Crippen LogP contribution in [0.2, 0.25) is 0 Å². The smallest absolute Gasteiger partial charge is 0.115 e. The van der Waals surface area contributed by atoms with E-state index in [9.17, 15) is 10.2 Å². The first-order valence-electron chi connectivity index (χ1n) is 7.28. The fraction of sp³-hybridized carbons (Fsp3) is 0.438. The van der Waals surface area contributed by atoms with E-state index in [1.165, 1.54) is 0 Å². The second-order valence-corrected chi connectivity index (χ2v) is 5.22. The zero-order chi connectivity index (χ0) is 15.2. The van der Waals surface area contributed by atoms with Gasteiger partial charge >= 0.3 is 0 Å². The lowest BCUT2D eigenvalue weighted by Crippen LogP contribution is -2.31. The molecule has 0 spiro atoms. The van der Waals surface area contributed by atoms with Crippen molar-refractivity contribution in [3.8, 4) is 5.75 Å². The van der Waals surface area contributed by atoms with E-state index in [0.29, 0.717) is 6.54 Å². The summed E-state index contributed by atoms with van der Waals surface area (Å²) in [6.07, 6.45) is 1.37. The molecule has 2 rings (SSSR count). The number of rotatable bonds is 7. The summed E-state index contributed by atoms with van der Waals surface area (Å²) in [5.74, 6) is 0.182. The summed E-state index contributed by atoms with van der Waals surface area (Å²) in [4.78, 5) is 2.17. The van der Waals surface area contributed by atoms with Crippen molar-refractivity contribution in [3.05, 3.63) is 47.8 Å². The average Bonchev–Trinajstić information content (AvgIpc) is 2.89. The maximum Gasteiger partial charge on any atom is 0.115 e. The first kappa shape index (κ1) is 15.5. The molecule has 2 N–H and O–H groups in total. The monoisotopic (exact) mass is 289 g/mol. The molecule has 114 valence electrons. The number of benzene rings is 1. The zero-order valence-corrected chi connectivity index (χ0v) is 12.6. The minimum Gasteiger partial charge on any atom is -0.508 e. The molecule has 0 radical (unpaired) electrons. The Kier molecular flexibility index (Phi) is 5.36. The van der Waals surface area contributed by atoms with Gasteiger partial charge in [0.2, 0.25) is 0 Å². The highest BCUT2D eigenvalue weighted by Crippen LogP contribution is 2.19. The van der Waals surface area contributed by atoms with Crippen molar-refractivity contribution < 1.29 is 10.2 Å². The Labute approximate surface area is 125 Å². The predicted molar refractivity (Wildman–Crippen MR) is 82.1 cm³/mol. The molecule has 0 unspecified atom stereocenters. The molecule has 0 saturated heterocycles. The molecule has 1 aromatic carbocycles. The van der Waals surface area contributed by atoms with Gasteiger partial charge in [0, 0.05) is 19.3 Å². The lowest BCUT2D eigenvalue weighted by atomic mass is 10.1. The van der Waals surface area contributed by atoms with Gasteiger partial charge in [-0.15, -0.1) is 0 Å². The van der Waals surface area contributed by atoms with Gasteiger partial charge in [-0.25, -0.2) is 0 Å². The molecule has 1 atom stereocenters. The molecular weight excluding hydrogens is 266 g/mol. The topological polar surface area (TPSA) is 61.5 Å². The molecule has 0 saturated carbocycles. The maximum absolute atomic E-state index is 10.3. The molecule has 0 aliphatic heterocycles. The third kappa shape index (κ3) is 4.58. The number of hydrogen-bond donors (Lipinski definition) is 2. The Morgan fingerprint density at radius 1 is 1.33 bits per heavy atom. The number of hydrogen-bond acceptors (Lipinski definition) is 4. The van der Waals surface area contributed by atoms with Gasteiger partial charge in [-0.3, -0.25) is 9.58 Å². The number of aromatic nitrogens is 2. The third-order valence-electron chi connectivity index (χ3n) is 3.55. The van der Waals surface area contributed by atoms with E-state index in [2.05, 4.69) is 16.9 Å². The normalized spacial score (nSPS) is 12.8. The van der Waals surface area contributed by atoms with Crippen LogP contribution in [0.1, 0.15) is 24.3 Å². The average molecular weight is 289 g/mol. The summed E-state index contributed by atoms with van der Waals surface area (Å²) in [5, 5.41) is 24.1. The number of phenolic OH excluding ortho intramolecular Hbond substituents is 1. The summed E-state index contributed by atoms with van der Waals surface area (Å²) < 4.78 is 1.92. The van der Waals surface area contributed by atoms with Crippen molar-refractivity contribution in [2.45, 2.75) is 26.5 Å². The molecule has 0 aliphatic carbocycles. The Morgan fingerprint density at radius 2 is 2.14 bits per heavy atom. The van der Waals surface area contributed by atoms with E-state index in [1.807, 2.05) is 29.9 Å². The van der Waals surface area contributed by atoms with Gasteiger partial charge in [-0.1, -0.05) is 19.1 Å². The first-order chi connectivity index (χ1) is 10.1. The van der Waals surface area contributed by atoms with Crippen molar-refractivity contribution in [1.29, 1.82) is 0 Å². The SMILES string of the molecule is CCN(CCn1ccc(C)n1)C[C@@H](O)c1cccc(O)c1. The number of aliphatic hydroxyl groups excluding tert-OH is 1. The van der Waals surface area contributed by atoms with Gasteiger partial charge < -0.3 is 10.2 Å². The third-order valence-corrected chi connectivity index (χ3v) is 3.55. The number of aromatic hydroxyl groups is 1. The van der Waals surface area contributed by atoms with E-state index < -0.39 is 6.10 Å². The highest BCUT2D eigenvalue weighted by Gasteiger charge is 2.13. The van der Waals surface area contributed by atoms with Gasteiger partial charge in [0.25, 0.3) is 0 Å². The van der Waals surface area contributed by atoms with Gasteiger partial charge in [0.15, 0.2) is 0 Å². The summed E-state index contributed by atoms with van der Waals surface area (Å²) in [7, 11) is 0. The molecule has 21 heavy (non-hydrogen) atoms. The standard InChI is InChI=1S/C16H23N3O2/c1-3-18(9-10-19-8-7-13(2)17-19)12-16(21)14-5-4-6-15(20)11-14/h4-8,11,16,20-21H,3,9-10,12H2,1-2H3/t16-/m1/s1. The molecule has 0 fully saturated rings. The summed E-state index contributed by atoms with van der Waals surface area (Å²) in [6, 6.07) is 8.77. The van der Waals surface area contributed by atoms with Crippen LogP contribution in [-0.2, 0) is 6.54 Å². The van der Waals surface area contributed by atoms with Crippen LogP contribution in [0.15, 0.2) is 36.5 Å². The van der Waals surface area contributed by atoms with Crippen molar-refractivity contribution in [2.24, 2.45) is 0 Å². The van der Waals surface area contributed by atoms with Crippen LogP contribution in [0.3, 0.4) is 0 Å². The van der Waals surface area contributed by atoms with Crippen molar-refractivity contribution in [3.63, 3.8) is 0 Å². The second-order valence-electron chi connectivity index (χ2n) is 5.22. The second kappa shape index (κ2) is 7.24. The maximum atomic E-state index is 10.3. The van der Waals surface area contributed by atoms with Crippen molar-refractivity contribution in [1.82, 2.24) is 14.7 Å². The number of nitrogens with zero attached hydrogens (tertiary/aromatic N) is 3. The van der Waals surface area contributed by atoms with E-state index in [1.54, 1.807) is 18.2 Å². The van der Waals surface area contributed by atoms with Crippen LogP contribution < -0.4 is 0 Å². The molecule has 0 amide bonds. The molecule has 5 nitrogen and oxygen atoms in total. The van der Waals surface area contributed by atoms with Gasteiger partial charge in [0.05, 0.1) is 18.3 Å². The molecule has 1 aromatic heterocycles. The quantitative estimate of drug-likeness (QED) is 0.818. The largest absolute Gasteiger partial charge is 0.508 e. The van der Waals surface area contributed by atoms with Crippen LogP contribution in [0.5, 0.6) is 5.75 Å². The predicted octanol–water partition coefficient (Wildman–Crippen LogP) is 1.95. The van der Waals surface area contributed by atoms with Gasteiger partial charge in [-0.2, -0.15) is 5.10 Å². The summed E-state index contributed by atoms with van der Waals surface area (Å²) in [6.45, 7) is 7.07. The molecule has 1 heterocycles. The highest BCUT2D eigenvalue weighted by atomic mass is 16.3. The van der Waals surface area contributed by atoms with Gasteiger partial charge in [-0.05, 0) is 37.2 Å². The fourth-order valence-corrected chi connectivity index (χ4v) is 2.29. The van der Waals surface area contributed by atoms with E-state index in [0.717, 1.165) is 30.9 Å². The Hall–Kier alpha value is -1.85. The van der Waals surface area contributed by atoms with Crippen LogP contribution in [0.4, 0.5) is 0 Å². The van der Waals surface area contributed by atoms with E-state index >= 15 is 0 Å². The molecular formula is C16H23N3O2. The fourth-order valence-electron chi connectivity index (χ4n) is 2.29. The van der Waals surface area contributed by atoms with E-state index in [4.69, 9.17) is 0 Å². The van der Waals surface area contributed by atoms with Crippen LogP contribution in [-0.4, -0.2) is 44.5 Å². The lowest BCUT2D eigenvalue weighted by molar-refractivity contribution is 0.113. The molecule has 0 aliphatic rings. The molecule has 5 heteroatoms. The van der Waals surface area contributed by atoms with E-state index in [-0.39, 0.29) is 5.75 Å². The minimum absolute atomic E-state index is 0.182.